The van der Waals surface area contributed by atoms with E-state index >= 15 is 0 Å². The minimum Gasteiger partial charge on any atom is -0.204 e. The van der Waals surface area contributed by atoms with Gasteiger partial charge in [-0.2, -0.15) is 0 Å². The number of hydrogen-bond acceptors (Lipinski definition) is 0. The molecule has 100 valence electrons. The quantitative estimate of drug-likeness (QED) is 0.656. The van der Waals surface area contributed by atoms with Crippen LogP contribution in [0.25, 0.3) is 0 Å². The Morgan fingerprint density at radius 2 is 1.84 bits per heavy atom. The van der Waals surface area contributed by atoms with E-state index in [1.54, 1.807) is 6.07 Å². The van der Waals surface area contributed by atoms with Crippen molar-refractivity contribution in [2.75, 3.05) is 5.33 Å². The predicted molar refractivity (Wildman–Crippen MR) is 78.0 cm³/mol. The van der Waals surface area contributed by atoms with Gasteiger partial charge in [-0.15, -0.1) is 0 Å². The standard InChI is InChI=1S/C15H12BrClF2/c16-9-12(11-2-1-3-13(17)8-11)6-10-4-5-14(18)15(19)7-10/h1-5,7-8,12H,6,9H2. The van der Waals surface area contributed by atoms with Gasteiger partial charge in [-0.05, 0) is 47.7 Å². The Hall–Kier alpha value is -0.930. The lowest BCUT2D eigenvalue weighted by Gasteiger charge is -2.15. The first-order chi connectivity index (χ1) is 9.10. The highest BCUT2D eigenvalue weighted by molar-refractivity contribution is 9.09. The van der Waals surface area contributed by atoms with Crippen molar-refractivity contribution in [3.05, 3.63) is 70.2 Å². The van der Waals surface area contributed by atoms with Crippen LogP contribution in [0.4, 0.5) is 8.78 Å². The molecule has 1 unspecified atom stereocenters. The number of rotatable bonds is 4. The molecule has 0 N–H and O–H groups in total. The van der Waals surface area contributed by atoms with Gasteiger partial charge in [0.1, 0.15) is 0 Å². The Morgan fingerprint density at radius 1 is 1.05 bits per heavy atom. The number of hydrogen-bond donors (Lipinski definition) is 0. The van der Waals surface area contributed by atoms with Crippen LogP contribution in [-0.4, -0.2) is 5.33 Å². The Balaban J connectivity index is 2.21. The third-order valence-corrected chi connectivity index (χ3v) is 3.99. The van der Waals surface area contributed by atoms with Crippen LogP contribution in [0, 0.1) is 11.6 Å². The maximum atomic E-state index is 13.2. The lowest BCUT2D eigenvalue weighted by molar-refractivity contribution is 0.506. The normalized spacial score (nSPS) is 12.4. The average Bonchev–Trinajstić information content (AvgIpc) is 2.40. The molecule has 0 heterocycles. The molecular weight excluding hydrogens is 334 g/mol. The monoisotopic (exact) mass is 344 g/mol. The molecule has 0 amide bonds. The summed E-state index contributed by atoms with van der Waals surface area (Å²) in [7, 11) is 0. The molecule has 2 rings (SSSR count). The second kappa shape index (κ2) is 6.49. The highest BCUT2D eigenvalue weighted by Crippen LogP contribution is 2.25. The molecule has 0 aliphatic heterocycles. The van der Waals surface area contributed by atoms with Crippen LogP contribution in [0.3, 0.4) is 0 Å². The van der Waals surface area contributed by atoms with Crippen LogP contribution in [0.5, 0.6) is 0 Å². The Bertz CT molecular complexity index is 572. The van der Waals surface area contributed by atoms with E-state index in [2.05, 4.69) is 15.9 Å². The van der Waals surface area contributed by atoms with Gasteiger partial charge in [-0.1, -0.05) is 45.7 Å². The molecule has 0 saturated carbocycles. The molecule has 0 aromatic heterocycles. The van der Waals surface area contributed by atoms with Crippen LogP contribution in [0.1, 0.15) is 17.0 Å². The molecule has 2 aromatic carbocycles. The van der Waals surface area contributed by atoms with Crippen molar-refractivity contribution in [2.45, 2.75) is 12.3 Å². The van der Waals surface area contributed by atoms with E-state index in [4.69, 9.17) is 11.6 Å². The Morgan fingerprint density at radius 3 is 2.47 bits per heavy atom. The third-order valence-electron chi connectivity index (χ3n) is 2.97. The largest absolute Gasteiger partial charge is 0.204 e. The van der Waals surface area contributed by atoms with Crippen molar-refractivity contribution in [2.24, 2.45) is 0 Å². The van der Waals surface area contributed by atoms with E-state index in [-0.39, 0.29) is 5.92 Å². The fraction of sp³-hybridized carbons (Fsp3) is 0.200. The van der Waals surface area contributed by atoms with Crippen molar-refractivity contribution in [3.63, 3.8) is 0 Å². The molecule has 0 aliphatic carbocycles. The van der Waals surface area contributed by atoms with Gasteiger partial charge in [-0.3, -0.25) is 0 Å². The minimum absolute atomic E-state index is 0.170. The van der Waals surface area contributed by atoms with E-state index in [0.717, 1.165) is 22.5 Å². The Labute approximate surface area is 124 Å². The van der Waals surface area contributed by atoms with E-state index in [1.807, 2.05) is 24.3 Å². The van der Waals surface area contributed by atoms with Crippen LogP contribution in [-0.2, 0) is 6.42 Å². The lowest BCUT2D eigenvalue weighted by atomic mass is 9.94. The van der Waals surface area contributed by atoms with Crippen LogP contribution >= 0.6 is 27.5 Å². The number of halogens is 4. The van der Waals surface area contributed by atoms with Gasteiger partial charge >= 0.3 is 0 Å². The minimum atomic E-state index is -0.818. The van der Waals surface area contributed by atoms with E-state index in [0.29, 0.717) is 11.4 Å². The van der Waals surface area contributed by atoms with Crippen LogP contribution in [0.15, 0.2) is 42.5 Å². The van der Waals surface area contributed by atoms with Crippen molar-refractivity contribution in [1.82, 2.24) is 0 Å². The zero-order valence-corrected chi connectivity index (χ0v) is 12.4. The first kappa shape index (κ1) is 14.5. The summed E-state index contributed by atoms with van der Waals surface area (Å²) in [5, 5.41) is 1.40. The van der Waals surface area contributed by atoms with Gasteiger partial charge in [0.2, 0.25) is 0 Å². The molecule has 0 radical (unpaired) electrons. The molecule has 0 aliphatic rings. The highest BCUT2D eigenvalue weighted by Gasteiger charge is 2.13. The van der Waals surface area contributed by atoms with Crippen molar-refractivity contribution < 1.29 is 8.78 Å². The maximum Gasteiger partial charge on any atom is 0.159 e. The van der Waals surface area contributed by atoms with E-state index in [1.165, 1.54) is 6.07 Å². The maximum absolute atomic E-state index is 13.2. The summed E-state index contributed by atoms with van der Waals surface area (Å²) in [4.78, 5) is 0. The van der Waals surface area contributed by atoms with Gasteiger partial charge in [0.25, 0.3) is 0 Å². The first-order valence-corrected chi connectivity index (χ1v) is 7.35. The van der Waals surface area contributed by atoms with E-state index in [9.17, 15) is 8.78 Å². The number of alkyl halides is 1. The SMILES string of the molecule is Fc1ccc(CC(CBr)c2cccc(Cl)c2)cc1F. The summed E-state index contributed by atoms with van der Waals surface area (Å²) < 4.78 is 26.1. The molecule has 0 fully saturated rings. The summed E-state index contributed by atoms with van der Waals surface area (Å²) >= 11 is 9.43. The molecule has 0 bridgehead atoms. The second-order valence-corrected chi connectivity index (χ2v) is 5.44. The zero-order valence-electron chi connectivity index (χ0n) is 10.0. The van der Waals surface area contributed by atoms with Crippen molar-refractivity contribution in [3.8, 4) is 0 Å². The number of benzene rings is 2. The molecule has 2 aromatic rings. The van der Waals surface area contributed by atoms with Gasteiger partial charge in [-0.25, -0.2) is 8.78 Å². The van der Waals surface area contributed by atoms with Crippen LogP contribution < -0.4 is 0 Å². The van der Waals surface area contributed by atoms with Gasteiger partial charge in [0, 0.05) is 10.4 Å². The summed E-state index contributed by atoms with van der Waals surface area (Å²) in [5.41, 5.74) is 1.84. The van der Waals surface area contributed by atoms with Gasteiger partial charge in [0.15, 0.2) is 11.6 Å². The smallest absolute Gasteiger partial charge is 0.159 e. The fourth-order valence-electron chi connectivity index (χ4n) is 1.97. The molecule has 4 heteroatoms. The topological polar surface area (TPSA) is 0 Å². The molecule has 0 spiro atoms. The summed E-state index contributed by atoms with van der Waals surface area (Å²) in [5.74, 6) is -1.46. The fourth-order valence-corrected chi connectivity index (χ4v) is 2.77. The lowest BCUT2D eigenvalue weighted by Crippen LogP contribution is -2.05. The average molecular weight is 346 g/mol. The second-order valence-electron chi connectivity index (χ2n) is 4.36. The highest BCUT2D eigenvalue weighted by atomic mass is 79.9. The molecule has 0 nitrogen and oxygen atoms in total. The molecule has 1 atom stereocenters. The van der Waals surface area contributed by atoms with Crippen molar-refractivity contribution in [1.29, 1.82) is 0 Å². The summed E-state index contributed by atoms with van der Waals surface area (Å²) in [6.07, 6.45) is 0.628. The molecule has 19 heavy (non-hydrogen) atoms. The predicted octanol–water partition coefficient (Wildman–Crippen LogP) is 5.34. The van der Waals surface area contributed by atoms with Crippen LogP contribution in [0.2, 0.25) is 5.02 Å². The Kier molecular flexibility index (Phi) is 4.94. The first-order valence-electron chi connectivity index (χ1n) is 5.85. The van der Waals surface area contributed by atoms with E-state index < -0.39 is 11.6 Å². The van der Waals surface area contributed by atoms with Crippen molar-refractivity contribution >= 4 is 27.5 Å². The summed E-state index contributed by atoms with van der Waals surface area (Å²) in [6.45, 7) is 0. The third kappa shape index (κ3) is 3.77. The summed E-state index contributed by atoms with van der Waals surface area (Å²) in [6, 6.07) is 11.6. The molecular formula is C15H12BrClF2. The molecule has 0 saturated heterocycles. The van der Waals surface area contributed by atoms with Gasteiger partial charge in [0.05, 0.1) is 0 Å². The van der Waals surface area contributed by atoms with Gasteiger partial charge < -0.3 is 0 Å². The zero-order chi connectivity index (χ0) is 13.8.